The van der Waals surface area contributed by atoms with Crippen molar-refractivity contribution in [1.82, 2.24) is 0 Å². The van der Waals surface area contributed by atoms with Gasteiger partial charge in [0.2, 0.25) is 5.76 Å². The van der Waals surface area contributed by atoms with Gasteiger partial charge in [0, 0.05) is 5.56 Å². The number of aryl methyl sites for hydroxylation is 1. The largest absolute Gasteiger partial charge is 0.443 e. The smallest absolute Gasteiger partial charge is 0.223 e. The molecule has 0 aliphatic carbocycles. The predicted octanol–water partition coefficient (Wildman–Crippen LogP) is 2.87. The second-order valence-corrected chi connectivity index (χ2v) is 3.72. The lowest BCUT2D eigenvalue weighted by Gasteiger charge is -1.98. The van der Waals surface area contributed by atoms with Gasteiger partial charge in [0.1, 0.15) is 29.3 Å². The summed E-state index contributed by atoms with van der Waals surface area (Å²) in [7, 11) is 0. The fourth-order valence-corrected chi connectivity index (χ4v) is 1.71. The van der Waals surface area contributed by atoms with E-state index in [1.54, 1.807) is 12.1 Å². The molecule has 0 spiro atoms. The number of hydrogen-bond acceptors (Lipinski definition) is 4. The molecule has 1 aromatic heterocycles. The summed E-state index contributed by atoms with van der Waals surface area (Å²) in [5.74, 6) is 0.153. The van der Waals surface area contributed by atoms with Gasteiger partial charge in [-0.25, -0.2) is 0 Å². The molecule has 0 amide bonds. The molecular formula is C14H7N3O. The van der Waals surface area contributed by atoms with Gasteiger partial charge in [-0.15, -0.1) is 0 Å². The molecule has 0 bridgehead atoms. The second kappa shape index (κ2) is 4.45. The number of nitriles is 3. The fourth-order valence-electron chi connectivity index (χ4n) is 1.71. The third-order valence-electron chi connectivity index (χ3n) is 2.51. The summed E-state index contributed by atoms with van der Waals surface area (Å²) in [5, 5.41) is 26.9. The van der Waals surface area contributed by atoms with Crippen molar-refractivity contribution in [2.45, 2.75) is 6.92 Å². The van der Waals surface area contributed by atoms with Crippen LogP contribution in [-0.4, -0.2) is 0 Å². The Morgan fingerprint density at radius 1 is 1.00 bits per heavy atom. The normalized spacial score (nSPS) is 9.22. The predicted molar refractivity (Wildman–Crippen MR) is 63.0 cm³/mol. The van der Waals surface area contributed by atoms with Gasteiger partial charge in [0.25, 0.3) is 0 Å². The van der Waals surface area contributed by atoms with E-state index in [1.165, 1.54) is 0 Å². The SMILES string of the molecule is Cc1cccc(-c2oc(C#N)c(C#N)c2C#N)c1. The molecule has 84 valence electrons. The first kappa shape index (κ1) is 11.5. The van der Waals surface area contributed by atoms with Crippen molar-refractivity contribution in [2.24, 2.45) is 0 Å². The maximum atomic E-state index is 9.10. The molecule has 0 aliphatic heterocycles. The van der Waals surface area contributed by atoms with Crippen molar-refractivity contribution < 1.29 is 4.42 Å². The molecule has 1 aromatic carbocycles. The van der Waals surface area contributed by atoms with Crippen LogP contribution in [0.5, 0.6) is 0 Å². The molecular weight excluding hydrogens is 226 g/mol. The Morgan fingerprint density at radius 3 is 2.28 bits per heavy atom. The zero-order valence-electron chi connectivity index (χ0n) is 9.56. The Hall–Kier alpha value is -3.03. The summed E-state index contributed by atoms with van der Waals surface area (Å²) in [6.45, 7) is 1.91. The lowest BCUT2D eigenvalue weighted by atomic mass is 10.0. The Kier molecular flexibility index (Phi) is 2.83. The van der Waals surface area contributed by atoms with E-state index in [0.29, 0.717) is 5.56 Å². The maximum Gasteiger partial charge on any atom is 0.223 e. The molecule has 2 rings (SSSR count). The van der Waals surface area contributed by atoms with Crippen LogP contribution in [0.15, 0.2) is 28.7 Å². The van der Waals surface area contributed by atoms with E-state index in [0.717, 1.165) is 5.56 Å². The molecule has 4 heteroatoms. The Bertz CT molecular complexity index is 736. The van der Waals surface area contributed by atoms with Crippen LogP contribution < -0.4 is 0 Å². The number of furan rings is 1. The molecule has 18 heavy (non-hydrogen) atoms. The number of rotatable bonds is 1. The van der Waals surface area contributed by atoms with Gasteiger partial charge in [-0.2, -0.15) is 15.8 Å². The average molecular weight is 233 g/mol. The Morgan fingerprint density at radius 2 is 1.72 bits per heavy atom. The molecule has 0 radical (unpaired) electrons. The maximum absolute atomic E-state index is 9.10. The summed E-state index contributed by atoms with van der Waals surface area (Å²) in [6, 6.07) is 12.9. The summed E-state index contributed by atoms with van der Waals surface area (Å²) in [4.78, 5) is 0. The molecule has 1 heterocycles. The van der Waals surface area contributed by atoms with Gasteiger partial charge in [0.05, 0.1) is 0 Å². The molecule has 0 saturated carbocycles. The minimum absolute atomic E-state index is 0.00324. The van der Waals surface area contributed by atoms with Crippen LogP contribution in [0.2, 0.25) is 0 Å². The van der Waals surface area contributed by atoms with Crippen LogP contribution in [0.3, 0.4) is 0 Å². The fraction of sp³-hybridized carbons (Fsp3) is 0.0714. The number of hydrogen-bond donors (Lipinski definition) is 0. The van der Waals surface area contributed by atoms with Crippen LogP contribution >= 0.6 is 0 Å². The van der Waals surface area contributed by atoms with Gasteiger partial charge in [-0.1, -0.05) is 23.8 Å². The molecule has 2 aromatic rings. The van der Waals surface area contributed by atoms with Gasteiger partial charge in [0.15, 0.2) is 5.76 Å². The lowest BCUT2D eigenvalue weighted by Crippen LogP contribution is -1.83. The van der Waals surface area contributed by atoms with Crippen LogP contribution in [0.1, 0.15) is 22.5 Å². The molecule has 0 unspecified atom stereocenters. The van der Waals surface area contributed by atoms with Gasteiger partial charge >= 0.3 is 0 Å². The minimum atomic E-state index is -0.120. The highest BCUT2D eigenvalue weighted by Crippen LogP contribution is 2.30. The van der Waals surface area contributed by atoms with Crippen molar-refractivity contribution >= 4 is 0 Å². The molecule has 0 fully saturated rings. The first-order valence-electron chi connectivity index (χ1n) is 5.15. The van der Waals surface area contributed by atoms with Crippen LogP contribution in [0, 0.1) is 40.9 Å². The van der Waals surface area contributed by atoms with Crippen molar-refractivity contribution in [1.29, 1.82) is 15.8 Å². The van der Waals surface area contributed by atoms with Crippen molar-refractivity contribution in [3.05, 3.63) is 46.7 Å². The topological polar surface area (TPSA) is 84.5 Å². The van der Waals surface area contributed by atoms with Gasteiger partial charge in [-0.05, 0) is 13.0 Å². The van der Waals surface area contributed by atoms with E-state index in [2.05, 4.69) is 0 Å². The van der Waals surface area contributed by atoms with Gasteiger partial charge in [-0.3, -0.25) is 0 Å². The van der Waals surface area contributed by atoms with Crippen LogP contribution in [0.4, 0.5) is 0 Å². The monoisotopic (exact) mass is 233 g/mol. The quantitative estimate of drug-likeness (QED) is 0.757. The second-order valence-electron chi connectivity index (χ2n) is 3.72. The highest BCUT2D eigenvalue weighted by molar-refractivity contribution is 5.71. The Balaban J connectivity index is 2.75. The third-order valence-corrected chi connectivity index (χ3v) is 2.51. The standard InChI is InChI=1S/C14H7N3O/c1-9-3-2-4-10(5-9)14-12(7-16)11(6-15)13(8-17)18-14/h2-5H,1H3. The lowest BCUT2D eigenvalue weighted by molar-refractivity contribution is 0.566. The van der Waals surface area contributed by atoms with Crippen molar-refractivity contribution in [3.8, 4) is 29.5 Å². The Labute approximate surface area is 104 Å². The summed E-state index contributed by atoms with van der Waals surface area (Å²) in [5.41, 5.74) is 1.80. The molecule has 0 aliphatic rings. The zero-order chi connectivity index (χ0) is 13.1. The van der Waals surface area contributed by atoms with Crippen molar-refractivity contribution in [2.75, 3.05) is 0 Å². The van der Waals surface area contributed by atoms with Crippen LogP contribution in [0.25, 0.3) is 11.3 Å². The van der Waals surface area contributed by atoms with E-state index in [9.17, 15) is 0 Å². The molecule has 0 N–H and O–H groups in total. The summed E-state index contributed by atoms with van der Waals surface area (Å²) >= 11 is 0. The number of nitrogens with zero attached hydrogens (tertiary/aromatic N) is 3. The zero-order valence-corrected chi connectivity index (χ0v) is 9.56. The highest BCUT2D eigenvalue weighted by atomic mass is 16.3. The summed E-state index contributed by atoms with van der Waals surface area (Å²) < 4.78 is 5.31. The van der Waals surface area contributed by atoms with Crippen LogP contribution in [-0.2, 0) is 0 Å². The summed E-state index contributed by atoms with van der Waals surface area (Å²) in [6.07, 6.45) is 0. The first-order chi connectivity index (χ1) is 8.71. The van der Waals surface area contributed by atoms with Crippen molar-refractivity contribution in [3.63, 3.8) is 0 Å². The third kappa shape index (κ3) is 1.71. The molecule has 4 nitrogen and oxygen atoms in total. The minimum Gasteiger partial charge on any atom is -0.443 e. The van der Waals surface area contributed by atoms with E-state index in [4.69, 9.17) is 20.2 Å². The van der Waals surface area contributed by atoms with E-state index in [1.807, 2.05) is 37.3 Å². The van der Waals surface area contributed by atoms with E-state index >= 15 is 0 Å². The molecule has 0 atom stereocenters. The van der Waals surface area contributed by atoms with E-state index in [-0.39, 0.29) is 22.6 Å². The first-order valence-corrected chi connectivity index (χ1v) is 5.15. The highest BCUT2D eigenvalue weighted by Gasteiger charge is 2.21. The average Bonchev–Trinajstić information content (AvgIpc) is 2.76. The van der Waals surface area contributed by atoms with Gasteiger partial charge < -0.3 is 4.42 Å². The van der Waals surface area contributed by atoms with E-state index < -0.39 is 0 Å². The molecule has 0 saturated heterocycles. The number of benzene rings is 1.